The maximum atomic E-state index is 11.0. The van der Waals surface area contributed by atoms with Crippen LogP contribution in [0.5, 0.6) is 0 Å². The number of hydrogen-bond donors (Lipinski definition) is 1. The number of carboxylic acid groups (broad SMARTS) is 1. The Morgan fingerprint density at radius 2 is 2.17 bits per heavy atom. The van der Waals surface area contributed by atoms with E-state index < -0.39 is 5.97 Å². The van der Waals surface area contributed by atoms with Crippen LogP contribution in [-0.4, -0.2) is 15.6 Å². The Morgan fingerprint density at radius 1 is 1.39 bits per heavy atom. The zero-order chi connectivity index (χ0) is 12.8. The SMILES string of the molecule is Cn1ccc2cc(C3(CC(=O)O)CCC3)ccc21. The van der Waals surface area contributed by atoms with Gasteiger partial charge in [0.2, 0.25) is 0 Å². The van der Waals surface area contributed by atoms with Gasteiger partial charge in [-0.1, -0.05) is 12.5 Å². The first-order valence-electron chi connectivity index (χ1n) is 6.38. The first kappa shape index (κ1) is 11.3. The highest BCUT2D eigenvalue weighted by Gasteiger charge is 2.40. The molecule has 2 aromatic rings. The summed E-state index contributed by atoms with van der Waals surface area (Å²) in [6.07, 6.45) is 5.43. The van der Waals surface area contributed by atoms with Gasteiger partial charge < -0.3 is 9.67 Å². The van der Waals surface area contributed by atoms with Gasteiger partial charge in [0.1, 0.15) is 0 Å². The van der Waals surface area contributed by atoms with Gasteiger partial charge in [0.15, 0.2) is 0 Å². The molecule has 1 aliphatic rings. The third-order valence-electron chi connectivity index (χ3n) is 4.30. The molecule has 3 rings (SSSR count). The Morgan fingerprint density at radius 3 is 2.78 bits per heavy atom. The van der Waals surface area contributed by atoms with Gasteiger partial charge in [-0.05, 0) is 42.0 Å². The van der Waals surface area contributed by atoms with Crippen LogP contribution in [0.25, 0.3) is 10.9 Å². The summed E-state index contributed by atoms with van der Waals surface area (Å²) >= 11 is 0. The van der Waals surface area contributed by atoms with E-state index in [0.717, 1.165) is 19.3 Å². The number of fused-ring (bicyclic) bond motifs is 1. The first-order valence-corrected chi connectivity index (χ1v) is 6.38. The second-order valence-corrected chi connectivity index (χ2v) is 5.40. The predicted molar refractivity (Wildman–Crippen MR) is 70.7 cm³/mol. The Kier molecular flexibility index (Phi) is 2.44. The lowest BCUT2D eigenvalue weighted by atomic mass is 9.62. The van der Waals surface area contributed by atoms with Crippen LogP contribution in [0.2, 0.25) is 0 Å². The van der Waals surface area contributed by atoms with Crippen molar-refractivity contribution in [3.63, 3.8) is 0 Å². The number of aromatic nitrogens is 1. The van der Waals surface area contributed by atoms with E-state index in [1.807, 2.05) is 13.2 Å². The lowest BCUT2D eigenvalue weighted by molar-refractivity contribution is -0.139. The number of carboxylic acids is 1. The zero-order valence-electron chi connectivity index (χ0n) is 10.5. The molecule has 1 aliphatic carbocycles. The molecule has 0 radical (unpaired) electrons. The number of benzene rings is 1. The lowest BCUT2D eigenvalue weighted by Gasteiger charge is -2.41. The van der Waals surface area contributed by atoms with E-state index in [4.69, 9.17) is 5.11 Å². The fourth-order valence-corrected chi connectivity index (χ4v) is 3.07. The van der Waals surface area contributed by atoms with E-state index in [-0.39, 0.29) is 11.8 Å². The van der Waals surface area contributed by atoms with Crippen LogP contribution >= 0.6 is 0 Å². The maximum absolute atomic E-state index is 11.0. The highest BCUT2D eigenvalue weighted by Crippen LogP contribution is 2.47. The van der Waals surface area contributed by atoms with E-state index in [2.05, 4.69) is 28.8 Å². The van der Waals surface area contributed by atoms with Gasteiger partial charge >= 0.3 is 5.97 Å². The summed E-state index contributed by atoms with van der Waals surface area (Å²) in [5, 5.41) is 10.3. The minimum absolute atomic E-state index is 0.115. The monoisotopic (exact) mass is 243 g/mol. The van der Waals surface area contributed by atoms with Crippen LogP contribution in [0, 0.1) is 0 Å². The highest BCUT2D eigenvalue weighted by atomic mass is 16.4. The molecule has 1 aromatic heterocycles. The number of aryl methyl sites for hydroxylation is 1. The van der Waals surface area contributed by atoms with Gasteiger partial charge in [-0.2, -0.15) is 0 Å². The molecule has 0 aliphatic heterocycles. The smallest absolute Gasteiger partial charge is 0.304 e. The van der Waals surface area contributed by atoms with E-state index >= 15 is 0 Å². The van der Waals surface area contributed by atoms with Crippen molar-refractivity contribution in [1.29, 1.82) is 0 Å². The fourth-order valence-electron chi connectivity index (χ4n) is 3.07. The van der Waals surface area contributed by atoms with Gasteiger partial charge in [-0.25, -0.2) is 0 Å². The van der Waals surface area contributed by atoms with Crippen molar-refractivity contribution in [2.45, 2.75) is 31.1 Å². The highest BCUT2D eigenvalue weighted by molar-refractivity contribution is 5.81. The number of aliphatic carboxylic acids is 1. The summed E-state index contributed by atoms with van der Waals surface area (Å²) in [7, 11) is 2.03. The molecule has 0 bridgehead atoms. The topological polar surface area (TPSA) is 42.2 Å². The minimum atomic E-state index is -0.692. The number of hydrogen-bond acceptors (Lipinski definition) is 1. The zero-order valence-corrected chi connectivity index (χ0v) is 10.5. The molecule has 1 heterocycles. The van der Waals surface area contributed by atoms with Crippen LogP contribution in [0.15, 0.2) is 30.5 Å². The first-order chi connectivity index (χ1) is 8.61. The fraction of sp³-hybridized carbons (Fsp3) is 0.400. The van der Waals surface area contributed by atoms with Crippen LogP contribution in [0.3, 0.4) is 0 Å². The van der Waals surface area contributed by atoms with Gasteiger partial charge in [0.05, 0.1) is 6.42 Å². The average molecular weight is 243 g/mol. The molecule has 1 aromatic carbocycles. The van der Waals surface area contributed by atoms with Crippen molar-refractivity contribution in [1.82, 2.24) is 4.57 Å². The largest absolute Gasteiger partial charge is 0.481 e. The normalized spacial score (nSPS) is 17.6. The Labute approximate surface area is 106 Å². The summed E-state index contributed by atoms with van der Waals surface area (Å²) in [4.78, 5) is 11.0. The molecule has 0 spiro atoms. The molecule has 3 heteroatoms. The Balaban J connectivity index is 2.04. The van der Waals surface area contributed by atoms with Crippen molar-refractivity contribution in [2.75, 3.05) is 0 Å². The summed E-state index contributed by atoms with van der Waals surface area (Å²) in [5.74, 6) is -0.692. The summed E-state index contributed by atoms with van der Waals surface area (Å²) in [6, 6.07) is 8.46. The Hall–Kier alpha value is -1.77. The standard InChI is InChI=1S/C15H17NO2/c1-16-8-5-11-9-12(3-4-13(11)16)15(6-2-7-15)10-14(17)18/h3-5,8-9H,2,6-7,10H2,1H3,(H,17,18). The molecule has 94 valence electrons. The van der Waals surface area contributed by atoms with E-state index in [1.54, 1.807) is 0 Å². The van der Waals surface area contributed by atoms with Crippen molar-refractivity contribution in [3.05, 3.63) is 36.0 Å². The summed E-state index contributed by atoms with van der Waals surface area (Å²) in [5.41, 5.74) is 2.27. The van der Waals surface area contributed by atoms with Gasteiger partial charge in [0.25, 0.3) is 0 Å². The number of nitrogens with zero attached hydrogens (tertiary/aromatic N) is 1. The molecule has 3 nitrogen and oxygen atoms in total. The molecule has 0 atom stereocenters. The van der Waals surface area contributed by atoms with Gasteiger partial charge in [0, 0.05) is 24.2 Å². The second-order valence-electron chi connectivity index (χ2n) is 5.40. The summed E-state index contributed by atoms with van der Waals surface area (Å²) < 4.78 is 2.09. The van der Waals surface area contributed by atoms with E-state index in [0.29, 0.717) is 0 Å². The van der Waals surface area contributed by atoms with Crippen molar-refractivity contribution >= 4 is 16.9 Å². The van der Waals surface area contributed by atoms with Crippen LogP contribution in [-0.2, 0) is 17.3 Å². The average Bonchev–Trinajstić information content (AvgIpc) is 2.65. The molecular weight excluding hydrogens is 226 g/mol. The third kappa shape index (κ3) is 1.62. The molecule has 0 unspecified atom stereocenters. The molecule has 0 amide bonds. The van der Waals surface area contributed by atoms with Crippen molar-refractivity contribution < 1.29 is 9.90 Å². The van der Waals surface area contributed by atoms with E-state index in [9.17, 15) is 4.79 Å². The molecular formula is C15H17NO2. The molecule has 18 heavy (non-hydrogen) atoms. The van der Waals surface area contributed by atoms with Crippen LogP contribution in [0.1, 0.15) is 31.2 Å². The van der Waals surface area contributed by atoms with Crippen LogP contribution < -0.4 is 0 Å². The lowest BCUT2D eigenvalue weighted by Crippen LogP contribution is -2.36. The predicted octanol–water partition coefficient (Wildman–Crippen LogP) is 3.07. The van der Waals surface area contributed by atoms with Crippen molar-refractivity contribution in [2.24, 2.45) is 7.05 Å². The van der Waals surface area contributed by atoms with Gasteiger partial charge in [-0.3, -0.25) is 4.79 Å². The quantitative estimate of drug-likeness (QED) is 0.900. The maximum Gasteiger partial charge on any atom is 0.304 e. The molecule has 1 saturated carbocycles. The number of rotatable bonds is 3. The Bertz CT molecular complexity index is 608. The van der Waals surface area contributed by atoms with Gasteiger partial charge in [-0.15, -0.1) is 0 Å². The van der Waals surface area contributed by atoms with Crippen LogP contribution in [0.4, 0.5) is 0 Å². The van der Waals surface area contributed by atoms with Crippen molar-refractivity contribution in [3.8, 4) is 0 Å². The third-order valence-corrected chi connectivity index (χ3v) is 4.30. The molecule has 0 saturated heterocycles. The summed E-state index contributed by atoms with van der Waals surface area (Å²) in [6.45, 7) is 0. The van der Waals surface area contributed by atoms with E-state index in [1.165, 1.54) is 16.5 Å². The number of carbonyl (C=O) groups is 1. The molecule has 1 N–H and O–H groups in total. The minimum Gasteiger partial charge on any atom is -0.481 e. The molecule has 1 fully saturated rings. The second kappa shape index (κ2) is 3.87.